The van der Waals surface area contributed by atoms with Crippen molar-refractivity contribution in [3.8, 4) is 11.8 Å². The summed E-state index contributed by atoms with van der Waals surface area (Å²) in [5.41, 5.74) is 1.76. The molecule has 4 rings (SSSR count). The maximum atomic E-state index is 12.2. The van der Waals surface area contributed by atoms with Gasteiger partial charge in [0.25, 0.3) is 0 Å². The summed E-state index contributed by atoms with van der Waals surface area (Å²) in [5, 5.41) is 15.4. The number of fused-ring (bicyclic) bond motifs is 2. The van der Waals surface area contributed by atoms with Gasteiger partial charge in [-0.25, -0.2) is 4.79 Å². The molecule has 0 bridgehead atoms. The Morgan fingerprint density at radius 2 is 1.96 bits per heavy atom. The summed E-state index contributed by atoms with van der Waals surface area (Å²) in [4.78, 5) is 12.2. The summed E-state index contributed by atoms with van der Waals surface area (Å²) in [5.74, 6) is 0.832. The molecule has 0 aromatic heterocycles. The topological polar surface area (TPSA) is 74.1 Å². The van der Waals surface area contributed by atoms with E-state index in [9.17, 15) is 10.1 Å². The predicted molar refractivity (Wildman–Crippen MR) is 86.3 cm³/mol. The van der Waals surface area contributed by atoms with Crippen LogP contribution in [-0.2, 0) is 5.54 Å². The Balaban J connectivity index is 1.85. The Morgan fingerprint density at radius 1 is 1.17 bits per heavy atom. The number of nitriles is 1. The number of hydrogen-bond donors (Lipinski definition) is 2. The zero-order valence-electron chi connectivity index (χ0n) is 13.2. The molecule has 0 unspecified atom stereocenters. The van der Waals surface area contributed by atoms with E-state index in [1.165, 1.54) is 12.8 Å². The largest absolute Gasteiger partial charge is 0.490 e. The maximum absolute atomic E-state index is 12.2. The molecule has 1 aliphatic heterocycles. The van der Waals surface area contributed by atoms with Gasteiger partial charge in [-0.1, -0.05) is 19.3 Å². The van der Waals surface area contributed by atoms with E-state index in [2.05, 4.69) is 16.7 Å². The number of benzene rings is 1. The smallest absolute Gasteiger partial charge is 0.319 e. The van der Waals surface area contributed by atoms with Crippen molar-refractivity contribution in [1.82, 2.24) is 5.32 Å². The highest BCUT2D eigenvalue weighted by Crippen LogP contribution is 2.48. The van der Waals surface area contributed by atoms with Gasteiger partial charge in [0.15, 0.2) is 0 Å². The molecule has 1 spiro atoms. The highest BCUT2D eigenvalue weighted by atomic mass is 16.5. The first-order valence-corrected chi connectivity index (χ1v) is 8.55. The van der Waals surface area contributed by atoms with E-state index in [1.807, 2.05) is 6.07 Å². The molecule has 5 nitrogen and oxygen atoms in total. The summed E-state index contributed by atoms with van der Waals surface area (Å²) in [6.45, 7) is 0. The number of carbonyl (C=O) groups is 1. The lowest BCUT2D eigenvalue weighted by Gasteiger charge is -2.44. The summed E-state index contributed by atoms with van der Waals surface area (Å²) in [6, 6.07) is 5.66. The number of hydrogen-bond acceptors (Lipinski definition) is 3. The van der Waals surface area contributed by atoms with Crippen molar-refractivity contribution in [2.24, 2.45) is 0 Å². The summed E-state index contributed by atoms with van der Waals surface area (Å²) >= 11 is 0. The molecule has 2 N–H and O–H groups in total. The molecule has 2 amide bonds. The number of rotatable bonds is 2. The van der Waals surface area contributed by atoms with Gasteiger partial charge in [-0.2, -0.15) is 5.26 Å². The van der Waals surface area contributed by atoms with E-state index in [4.69, 9.17) is 4.74 Å². The number of anilines is 1. The lowest BCUT2D eigenvalue weighted by atomic mass is 9.74. The normalized spacial score (nSPS) is 22.3. The van der Waals surface area contributed by atoms with Gasteiger partial charge in [-0.05, 0) is 44.2 Å². The van der Waals surface area contributed by atoms with Crippen molar-refractivity contribution in [1.29, 1.82) is 5.26 Å². The minimum absolute atomic E-state index is 0.211. The first-order valence-electron chi connectivity index (χ1n) is 8.55. The molecular formula is C18H21N3O2. The zero-order chi connectivity index (χ0) is 15.9. The highest BCUT2D eigenvalue weighted by molar-refractivity contribution is 5.96. The highest BCUT2D eigenvalue weighted by Gasteiger charge is 2.44. The van der Waals surface area contributed by atoms with Crippen LogP contribution in [-0.4, -0.2) is 12.1 Å². The Hall–Kier alpha value is -2.22. The fourth-order valence-corrected chi connectivity index (χ4v) is 4.00. The molecule has 120 valence electrons. The zero-order valence-corrected chi connectivity index (χ0v) is 13.2. The van der Waals surface area contributed by atoms with Gasteiger partial charge in [0.1, 0.15) is 11.8 Å². The SMILES string of the molecule is N#Cc1ccc(OC2CCC2)c2c1NC(=O)NC21CCCCC1. The minimum Gasteiger partial charge on any atom is -0.490 e. The molecule has 2 aliphatic carbocycles. The molecular weight excluding hydrogens is 290 g/mol. The van der Waals surface area contributed by atoms with Crippen LogP contribution in [0.15, 0.2) is 12.1 Å². The maximum Gasteiger partial charge on any atom is 0.319 e. The quantitative estimate of drug-likeness (QED) is 0.872. The number of amides is 2. The Bertz CT molecular complexity index is 682. The lowest BCUT2D eigenvalue weighted by molar-refractivity contribution is 0.114. The van der Waals surface area contributed by atoms with Crippen LogP contribution in [0.2, 0.25) is 0 Å². The number of nitrogens with zero attached hydrogens (tertiary/aromatic N) is 1. The second-order valence-electron chi connectivity index (χ2n) is 6.87. The lowest BCUT2D eigenvalue weighted by Crippen LogP contribution is -2.53. The fourth-order valence-electron chi connectivity index (χ4n) is 4.00. The first kappa shape index (κ1) is 14.4. The monoisotopic (exact) mass is 311 g/mol. The molecule has 2 fully saturated rings. The van der Waals surface area contributed by atoms with Crippen LogP contribution in [0.1, 0.15) is 62.5 Å². The van der Waals surface area contributed by atoms with Gasteiger partial charge in [-0.15, -0.1) is 0 Å². The van der Waals surface area contributed by atoms with Crippen molar-refractivity contribution in [2.45, 2.75) is 63.0 Å². The van der Waals surface area contributed by atoms with E-state index in [0.717, 1.165) is 49.8 Å². The number of urea groups is 1. The summed E-state index contributed by atoms with van der Waals surface area (Å²) in [6.07, 6.45) is 8.82. The average Bonchev–Trinajstić information content (AvgIpc) is 2.51. The van der Waals surface area contributed by atoms with Gasteiger partial charge in [0, 0.05) is 5.56 Å². The molecule has 1 aromatic carbocycles. The van der Waals surface area contributed by atoms with Gasteiger partial charge in [0.2, 0.25) is 0 Å². The van der Waals surface area contributed by atoms with Crippen LogP contribution in [0.4, 0.5) is 10.5 Å². The second-order valence-corrected chi connectivity index (χ2v) is 6.87. The van der Waals surface area contributed by atoms with Crippen molar-refractivity contribution >= 4 is 11.7 Å². The molecule has 0 radical (unpaired) electrons. The molecule has 1 heterocycles. The van der Waals surface area contributed by atoms with Crippen molar-refractivity contribution in [3.63, 3.8) is 0 Å². The van der Waals surface area contributed by atoms with Gasteiger partial charge < -0.3 is 15.4 Å². The van der Waals surface area contributed by atoms with Crippen LogP contribution < -0.4 is 15.4 Å². The standard InChI is InChI=1S/C18H21N3O2/c19-11-12-7-8-14(23-13-5-4-6-13)15-16(12)20-17(22)21-18(15)9-2-1-3-10-18/h7-8,13H,1-6,9-10H2,(H2,20,21,22). The van der Waals surface area contributed by atoms with Crippen LogP contribution >= 0.6 is 0 Å². The average molecular weight is 311 g/mol. The fraction of sp³-hybridized carbons (Fsp3) is 0.556. The third kappa shape index (κ3) is 2.33. The van der Waals surface area contributed by atoms with E-state index in [0.29, 0.717) is 11.3 Å². The second kappa shape index (κ2) is 5.45. The minimum atomic E-state index is -0.387. The molecule has 3 aliphatic rings. The van der Waals surface area contributed by atoms with E-state index in [1.54, 1.807) is 6.07 Å². The van der Waals surface area contributed by atoms with E-state index in [-0.39, 0.29) is 17.7 Å². The van der Waals surface area contributed by atoms with Crippen molar-refractivity contribution in [3.05, 3.63) is 23.3 Å². The Morgan fingerprint density at radius 3 is 2.61 bits per heavy atom. The number of nitrogens with one attached hydrogen (secondary N) is 2. The van der Waals surface area contributed by atoms with Crippen LogP contribution in [0.25, 0.3) is 0 Å². The third-order valence-corrected chi connectivity index (χ3v) is 5.41. The summed E-state index contributed by atoms with van der Waals surface area (Å²) in [7, 11) is 0. The molecule has 5 heteroatoms. The van der Waals surface area contributed by atoms with Gasteiger partial charge in [-0.3, -0.25) is 0 Å². The van der Waals surface area contributed by atoms with Crippen LogP contribution in [0.3, 0.4) is 0 Å². The van der Waals surface area contributed by atoms with Gasteiger partial charge >= 0.3 is 6.03 Å². The molecule has 0 saturated heterocycles. The van der Waals surface area contributed by atoms with E-state index >= 15 is 0 Å². The molecule has 1 aromatic rings. The predicted octanol–water partition coefficient (Wildman–Crippen LogP) is 3.78. The third-order valence-electron chi connectivity index (χ3n) is 5.41. The summed E-state index contributed by atoms with van der Waals surface area (Å²) < 4.78 is 6.21. The number of ether oxygens (including phenoxy) is 1. The molecule has 2 saturated carbocycles. The van der Waals surface area contributed by atoms with Crippen molar-refractivity contribution < 1.29 is 9.53 Å². The van der Waals surface area contributed by atoms with E-state index < -0.39 is 0 Å². The van der Waals surface area contributed by atoms with Crippen LogP contribution in [0, 0.1) is 11.3 Å². The van der Waals surface area contributed by atoms with Crippen molar-refractivity contribution in [2.75, 3.05) is 5.32 Å². The Kier molecular flexibility index (Phi) is 3.41. The Labute approximate surface area is 136 Å². The first-order chi connectivity index (χ1) is 11.2. The molecule has 23 heavy (non-hydrogen) atoms. The number of carbonyl (C=O) groups excluding carboxylic acids is 1. The molecule has 0 atom stereocenters. The van der Waals surface area contributed by atoms with Gasteiger partial charge in [0.05, 0.1) is 22.9 Å². The van der Waals surface area contributed by atoms with Crippen LogP contribution in [0.5, 0.6) is 5.75 Å².